The van der Waals surface area contributed by atoms with Crippen LogP contribution >= 0.6 is 0 Å². The standard InChI is InChI=1S/C6H6.2C3H4.6CH3.Os/c1-2-4-6-5-3-1;2*1-3-2;;;;;;;/h1-6H;2*1-2H2;6*1H3;/q;;;6*-1;+6. The molecule has 0 saturated heterocycles. The van der Waals surface area contributed by atoms with Gasteiger partial charge in [0.2, 0.25) is 0 Å². The molecule has 0 heterocycles. The van der Waals surface area contributed by atoms with Gasteiger partial charge in [0, 0.05) is 0 Å². The van der Waals surface area contributed by atoms with Crippen molar-refractivity contribution in [1.82, 2.24) is 0 Å². The minimum atomic E-state index is 0. The summed E-state index contributed by atoms with van der Waals surface area (Å²) in [7, 11) is 0. The molecular formula is C18H32Os. The summed E-state index contributed by atoms with van der Waals surface area (Å²) in [5, 5.41) is 0. The van der Waals surface area contributed by atoms with Gasteiger partial charge in [0.15, 0.2) is 0 Å². The summed E-state index contributed by atoms with van der Waals surface area (Å²) >= 11 is 0. The molecule has 0 atom stereocenters. The Bertz CT molecular complexity index is 186. The SMILES string of the molecule is C=C=C.C=C=C.[CH3-].[CH3-].[CH3-].[CH3-].[CH3-].[CH3-].[Os+6].c1ccccc1. The topological polar surface area (TPSA) is 0 Å². The van der Waals surface area contributed by atoms with Gasteiger partial charge < -0.3 is 44.6 Å². The van der Waals surface area contributed by atoms with Crippen LogP contribution < -0.4 is 0 Å². The summed E-state index contributed by atoms with van der Waals surface area (Å²) in [5.41, 5.74) is 4.50. The van der Waals surface area contributed by atoms with Crippen LogP contribution in [0.25, 0.3) is 0 Å². The van der Waals surface area contributed by atoms with Crippen LogP contribution in [0.2, 0.25) is 0 Å². The van der Waals surface area contributed by atoms with Crippen LogP contribution in [-0.4, -0.2) is 0 Å². The van der Waals surface area contributed by atoms with E-state index in [1.807, 2.05) is 36.4 Å². The summed E-state index contributed by atoms with van der Waals surface area (Å²) in [5.74, 6) is 0. The molecule has 0 saturated carbocycles. The average molecular weight is 439 g/mol. The zero-order valence-corrected chi connectivity index (χ0v) is 16.2. The predicted octanol–water partition coefficient (Wildman–Crippen LogP) is 6.30. The summed E-state index contributed by atoms with van der Waals surface area (Å²) in [4.78, 5) is 0. The Balaban J connectivity index is -0.0000000102. The van der Waals surface area contributed by atoms with E-state index in [-0.39, 0.29) is 64.4 Å². The van der Waals surface area contributed by atoms with Gasteiger partial charge in [-0.05, 0) is 0 Å². The monoisotopic (exact) mass is 440 g/mol. The van der Waals surface area contributed by atoms with Crippen molar-refractivity contribution >= 4 is 0 Å². The summed E-state index contributed by atoms with van der Waals surface area (Å²) < 4.78 is 0. The van der Waals surface area contributed by atoms with Crippen molar-refractivity contribution < 1.29 is 19.8 Å². The van der Waals surface area contributed by atoms with E-state index in [0.717, 1.165) is 0 Å². The predicted molar refractivity (Wildman–Crippen MR) is 94.5 cm³/mol. The van der Waals surface area contributed by atoms with Crippen molar-refractivity contribution in [2.45, 2.75) is 0 Å². The second-order valence-electron chi connectivity index (χ2n) is 1.65. The van der Waals surface area contributed by atoms with Crippen LogP contribution in [-0.2, 0) is 19.8 Å². The molecule has 0 bridgehead atoms. The molecule has 1 rings (SSSR count). The average Bonchev–Trinajstić information content (AvgIpc) is 2.10. The van der Waals surface area contributed by atoms with Crippen LogP contribution in [0.4, 0.5) is 0 Å². The smallest absolute Gasteiger partial charge is 0.358 e. The van der Waals surface area contributed by atoms with E-state index < -0.39 is 0 Å². The minimum absolute atomic E-state index is 0. The van der Waals surface area contributed by atoms with Crippen LogP contribution in [0, 0.1) is 44.6 Å². The maximum absolute atomic E-state index is 3.12. The Morgan fingerprint density at radius 2 is 0.474 bits per heavy atom. The molecule has 0 aromatic heterocycles. The van der Waals surface area contributed by atoms with Crippen LogP contribution in [0.3, 0.4) is 0 Å². The molecule has 0 aliphatic heterocycles. The first kappa shape index (κ1) is 64.6. The molecule has 0 N–H and O–H groups in total. The van der Waals surface area contributed by atoms with Crippen LogP contribution in [0.5, 0.6) is 0 Å². The fraction of sp³-hybridized carbons (Fsp3) is 0. The second-order valence-corrected chi connectivity index (χ2v) is 1.65. The Morgan fingerprint density at radius 1 is 0.421 bits per heavy atom. The number of rotatable bonds is 0. The zero-order chi connectivity index (χ0) is 9.66. The van der Waals surface area contributed by atoms with Crippen molar-refractivity contribution in [1.29, 1.82) is 0 Å². The fourth-order valence-corrected chi connectivity index (χ4v) is 0.385. The summed E-state index contributed by atoms with van der Waals surface area (Å²) in [6.45, 7) is 12.5. The van der Waals surface area contributed by atoms with Crippen molar-refractivity contribution in [3.05, 3.63) is 119 Å². The summed E-state index contributed by atoms with van der Waals surface area (Å²) in [6, 6.07) is 12.0. The molecule has 112 valence electrons. The summed E-state index contributed by atoms with van der Waals surface area (Å²) in [6.07, 6.45) is 0. The third kappa shape index (κ3) is 156. The molecule has 0 nitrogen and oxygen atoms in total. The largest absolute Gasteiger partial charge is 6.00 e. The third-order valence-electron chi connectivity index (χ3n) is 0.667. The molecule has 1 aromatic carbocycles. The number of hydrogen-bond donors (Lipinski definition) is 0. The number of benzene rings is 1. The minimum Gasteiger partial charge on any atom is -0.358 e. The zero-order valence-electron chi connectivity index (χ0n) is 13.6. The van der Waals surface area contributed by atoms with Crippen molar-refractivity contribution in [3.8, 4) is 0 Å². The van der Waals surface area contributed by atoms with Gasteiger partial charge in [0.1, 0.15) is 0 Å². The molecule has 1 heteroatoms. The van der Waals surface area contributed by atoms with E-state index in [2.05, 4.69) is 37.8 Å². The first-order chi connectivity index (χ1) is 5.83. The molecule has 0 aliphatic carbocycles. The molecule has 0 aliphatic rings. The molecule has 0 radical (unpaired) electrons. The van der Waals surface area contributed by atoms with Gasteiger partial charge in [0.25, 0.3) is 0 Å². The van der Waals surface area contributed by atoms with Gasteiger partial charge in [-0.15, -0.1) is 11.5 Å². The van der Waals surface area contributed by atoms with Crippen molar-refractivity contribution in [3.63, 3.8) is 0 Å². The molecular weight excluding hydrogens is 406 g/mol. The van der Waals surface area contributed by atoms with Gasteiger partial charge in [0.05, 0.1) is 0 Å². The van der Waals surface area contributed by atoms with E-state index in [1.165, 1.54) is 0 Å². The Hall–Kier alpha value is -1.10. The van der Waals surface area contributed by atoms with Gasteiger partial charge in [-0.25, -0.2) is 0 Å². The van der Waals surface area contributed by atoms with Gasteiger partial charge in [-0.2, -0.15) is 0 Å². The molecule has 0 fully saturated rings. The van der Waals surface area contributed by atoms with E-state index in [0.29, 0.717) is 0 Å². The molecule has 0 amide bonds. The first-order valence-electron chi connectivity index (χ1n) is 3.41. The van der Waals surface area contributed by atoms with E-state index in [4.69, 9.17) is 0 Å². The van der Waals surface area contributed by atoms with E-state index >= 15 is 0 Å². The number of hydrogen-bond acceptors (Lipinski definition) is 0. The molecule has 0 unspecified atom stereocenters. The van der Waals surface area contributed by atoms with Crippen molar-refractivity contribution in [2.24, 2.45) is 0 Å². The molecule has 0 spiro atoms. The van der Waals surface area contributed by atoms with Crippen LogP contribution in [0.1, 0.15) is 0 Å². The van der Waals surface area contributed by atoms with Gasteiger partial charge in [-0.3, -0.25) is 0 Å². The second kappa shape index (κ2) is 89.8. The van der Waals surface area contributed by atoms with E-state index in [1.54, 1.807) is 0 Å². The van der Waals surface area contributed by atoms with Crippen LogP contribution in [0.15, 0.2) is 74.2 Å². The third-order valence-corrected chi connectivity index (χ3v) is 0.667. The van der Waals surface area contributed by atoms with Gasteiger partial charge >= 0.3 is 19.8 Å². The van der Waals surface area contributed by atoms with E-state index in [9.17, 15) is 0 Å². The fourth-order valence-electron chi connectivity index (χ4n) is 0.385. The Labute approximate surface area is 138 Å². The normalized spacial score (nSPS) is 3.37. The molecule has 19 heavy (non-hydrogen) atoms. The Kier molecular flexibility index (Phi) is 305. The van der Waals surface area contributed by atoms with Gasteiger partial charge in [-0.1, -0.05) is 62.7 Å². The molecule has 1 aromatic rings. The van der Waals surface area contributed by atoms with Crippen molar-refractivity contribution in [2.75, 3.05) is 0 Å². The Morgan fingerprint density at radius 3 is 0.526 bits per heavy atom. The first-order valence-corrected chi connectivity index (χ1v) is 3.41. The maximum Gasteiger partial charge on any atom is 6.00 e. The quantitative estimate of drug-likeness (QED) is 0.329. The maximum atomic E-state index is 3.12.